The number of hydrogen-bond acceptors (Lipinski definition) is 3. The van der Waals surface area contributed by atoms with Crippen LogP contribution in [0.2, 0.25) is 0 Å². The molecule has 1 aromatic heterocycles. The number of hydrogen-bond donors (Lipinski definition) is 1. The van der Waals surface area contributed by atoms with E-state index < -0.39 is 18.3 Å². The molecule has 178 valence electrons. The lowest BCUT2D eigenvalue weighted by atomic mass is 9.90. The Morgan fingerprint density at radius 1 is 0.914 bits per heavy atom. The van der Waals surface area contributed by atoms with E-state index in [2.05, 4.69) is 0 Å². The summed E-state index contributed by atoms with van der Waals surface area (Å²) in [6.07, 6.45) is -0.977. The maximum Gasteiger partial charge on any atom is 0.250 e. The SMILES string of the molecule is CCC(F)(F)CCC(=O)Cc1ccc2nc(-c3ccccc3)c(-c3ccccc3)c(C(N)=O)c2c1. The van der Waals surface area contributed by atoms with E-state index in [0.717, 1.165) is 11.1 Å². The number of carbonyl (C=O) groups excluding carboxylic acids is 2. The Morgan fingerprint density at radius 3 is 2.14 bits per heavy atom. The summed E-state index contributed by atoms with van der Waals surface area (Å²) in [4.78, 5) is 30.1. The van der Waals surface area contributed by atoms with E-state index in [1.165, 1.54) is 6.92 Å². The van der Waals surface area contributed by atoms with Gasteiger partial charge in [0.1, 0.15) is 5.78 Å². The van der Waals surface area contributed by atoms with Crippen molar-refractivity contribution in [2.45, 2.75) is 38.5 Å². The number of halogens is 2. The molecule has 35 heavy (non-hydrogen) atoms. The van der Waals surface area contributed by atoms with E-state index in [-0.39, 0.29) is 25.0 Å². The molecule has 0 bridgehead atoms. The van der Waals surface area contributed by atoms with Gasteiger partial charge in [0.15, 0.2) is 0 Å². The molecule has 0 unspecified atom stereocenters. The molecule has 0 saturated heterocycles. The number of carbonyl (C=O) groups is 2. The zero-order chi connectivity index (χ0) is 25.0. The first-order chi connectivity index (χ1) is 16.8. The highest BCUT2D eigenvalue weighted by Gasteiger charge is 2.27. The van der Waals surface area contributed by atoms with Crippen LogP contribution in [-0.4, -0.2) is 22.6 Å². The van der Waals surface area contributed by atoms with E-state index in [1.807, 2.05) is 60.7 Å². The minimum atomic E-state index is -2.85. The van der Waals surface area contributed by atoms with Gasteiger partial charge in [0.05, 0.1) is 16.8 Å². The molecule has 1 heterocycles. The third-order valence-electron chi connectivity index (χ3n) is 6.09. The first-order valence-electron chi connectivity index (χ1n) is 11.6. The van der Waals surface area contributed by atoms with Crippen molar-refractivity contribution in [2.24, 2.45) is 5.73 Å². The first-order valence-corrected chi connectivity index (χ1v) is 11.6. The summed E-state index contributed by atoms with van der Waals surface area (Å²) in [7, 11) is 0. The molecule has 0 fully saturated rings. The van der Waals surface area contributed by atoms with Crippen LogP contribution >= 0.6 is 0 Å². The average Bonchev–Trinajstić information content (AvgIpc) is 2.87. The predicted molar refractivity (Wildman–Crippen MR) is 134 cm³/mol. The van der Waals surface area contributed by atoms with Gasteiger partial charge in [-0.05, 0) is 23.3 Å². The number of amides is 1. The first kappa shape index (κ1) is 24.2. The third-order valence-corrected chi connectivity index (χ3v) is 6.09. The van der Waals surface area contributed by atoms with Crippen molar-refractivity contribution < 1.29 is 18.4 Å². The van der Waals surface area contributed by atoms with Gasteiger partial charge in [-0.2, -0.15) is 0 Å². The van der Waals surface area contributed by atoms with Gasteiger partial charge < -0.3 is 5.73 Å². The Morgan fingerprint density at radius 2 is 1.54 bits per heavy atom. The number of ketones is 1. The number of nitrogens with two attached hydrogens (primary N) is 1. The highest BCUT2D eigenvalue weighted by atomic mass is 19.3. The maximum absolute atomic E-state index is 13.6. The fourth-order valence-electron chi connectivity index (χ4n) is 4.18. The molecule has 4 aromatic rings. The van der Waals surface area contributed by atoms with Crippen molar-refractivity contribution in [3.8, 4) is 22.4 Å². The summed E-state index contributed by atoms with van der Waals surface area (Å²) < 4.78 is 27.1. The quantitative estimate of drug-likeness (QED) is 0.298. The van der Waals surface area contributed by atoms with Crippen LogP contribution in [0.25, 0.3) is 33.3 Å². The summed E-state index contributed by atoms with van der Waals surface area (Å²) in [6.45, 7) is 1.40. The minimum Gasteiger partial charge on any atom is -0.366 e. The summed E-state index contributed by atoms with van der Waals surface area (Å²) in [5.74, 6) is -3.74. The summed E-state index contributed by atoms with van der Waals surface area (Å²) in [5, 5.41) is 0.528. The summed E-state index contributed by atoms with van der Waals surface area (Å²) >= 11 is 0. The van der Waals surface area contributed by atoms with Gasteiger partial charge in [0.2, 0.25) is 11.8 Å². The van der Waals surface area contributed by atoms with Gasteiger partial charge >= 0.3 is 0 Å². The second kappa shape index (κ2) is 10.1. The molecule has 0 atom stereocenters. The fraction of sp³-hybridized carbons (Fsp3) is 0.207. The Balaban J connectivity index is 1.84. The van der Waals surface area contributed by atoms with E-state index in [9.17, 15) is 18.4 Å². The fourth-order valence-corrected chi connectivity index (χ4v) is 4.18. The smallest absolute Gasteiger partial charge is 0.250 e. The molecule has 0 radical (unpaired) electrons. The van der Waals surface area contributed by atoms with Crippen LogP contribution in [0.3, 0.4) is 0 Å². The molecule has 4 rings (SSSR count). The van der Waals surface area contributed by atoms with Gasteiger partial charge in [-0.1, -0.05) is 73.7 Å². The van der Waals surface area contributed by atoms with Crippen LogP contribution in [0.5, 0.6) is 0 Å². The normalized spacial score (nSPS) is 11.5. The maximum atomic E-state index is 13.6. The lowest BCUT2D eigenvalue weighted by Gasteiger charge is -2.17. The lowest BCUT2D eigenvalue weighted by molar-refractivity contribution is -0.120. The Hall–Kier alpha value is -3.93. The van der Waals surface area contributed by atoms with E-state index in [4.69, 9.17) is 10.7 Å². The van der Waals surface area contributed by atoms with Crippen LogP contribution in [0.4, 0.5) is 8.78 Å². The molecular formula is C29H26F2N2O2. The second-order valence-corrected chi connectivity index (χ2v) is 8.58. The zero-order valence-electron chi connectivity index (χ0n) is 19.4. The average molecular weight is 473 g/mol. The number of Topliss-reactive ketones (excluding diaryl/α,β-unsaturated/α-hetero) is 1. The molecule has 0 aliphatic rings. The molecule has 4 nitrogen and oxygen atoms in total. The molecule has 0 saturated carbocycles. The minimum absolute atomic E-state index is 0.00492. The van der Waals surface area contributed by atoms with Crippen molar-refractivity contribution in [3.63, 3.8) is 0 Å². The Kier molecular flexibility index (Phi) is 7.01. The van der Waals surface area contributed by atoms with Crippen LogP contribution in [-0.2, 0) is 11.2 Å². The van der Waals surface area contributed by atoms with Gasteiger partial charge in [0, 0.05) is 42.2 Å². The van der Waals surface area contributed by atoms with Gasteiger partial charge in [-0.25, -0.2) is 13.8 Å². The topological polar surface area (TPSA) is 73.1 Å². The monoisotopic (exact) mass is 472 g/mol. The van der Waals surface area contributed by atoms with Crippen molar-refractivity contribution in [2.75, 3.05) is 0 Å². The predicted octanol–water partition coefficient (Wildman–Crippen LogP) is 6.60. The molecular weight excluding hydrogens is 446 g/mol. The summed E-state index contributed by atoms with van der Waals surface area (Å²) in [5.41, 5.74) is 10.3. The molecule has 3 aromatic carbocycles. The van der Waals surface area contributed by atoms with Crippen molar-refractivity contribution in [3.05, 3.63) is 90.0 Å². The molecule has 0 spiro atoms. The van der Waals surface area contributed by atoms with E-state index >= 15 is 0 Å². The molecule has 6 heteroatoms. The van der Waals surface area contributed by atoms with Crippen molar-refractivity contribution >= 4 is 22.6 Å². The lowest BCUT2D eigenvalue weighted by Crippen LogP contribution is -2.17. The van der Waals surface area contributed by atoms with E-state index in [1.54, 1.807) is 18.2 Å². The number of pyridine rings is 1. The number of benzene rings is 3. The van der Waals surface area contributed by atoms with E-state index in [0.29, 0.717) is 33.3 Å². The van der Waals surface area contributed by atoms with Crippen LogP contribution in [0.1, 0.15) is 42.1 Å². The highest BCUT2D eigenvalue weighted by molar-refractivity contribution is 6.13. The zero-order valence-corrected chi connectivity index (χ0v) is 19.4. The van der Waals surface area contributed by atoms with Gasteiger partial charge in [0.25, 0.3) is 0 Å². The Bertz CT molecular complexity index is 1370. The van der Waals surface area contributed by atoms with Crippen LogP contribution in [0, 0.1) is 0 Å². The third kappa shape index (κ3) is 5.43. The van der Waals surface area contributed by atoms with Gasteiger partial charge in [-0.15, -0.1) is 0 Å². The number of nitrogens with zero attached hydrogens (tertiary/aromatic N) is 1. The number of alkyl halides is 2. The molecule has 2 N–H and O–H groups in total. The molecule has 1 amide bonds. The molecule has 0 aliphatic heterocycles. The van der Waals surface area contributed by atoms with Gasteiger partial charge in [-0.3, -0.25) is 9.59 Å². The van der Waals surface area contributed by atoms with Crippen LogP contribution in [0.15, 0.2) is 78.9 Å². The second-order valence-electron chi connectivity index (χ2n) is 8.58. The number of rotatable bonds is 9. The highest BCUT2D eigenvalue weighted by Crippen LogP contribution is 2.37. The van der Waals surface area contributed by atoms with Crippen LogP contribution < -0.4 is 5.73 Å². The number of aromatic nitrogens is 1. The molecule has 0 aliphatic carbocycles. The van der Waals surface area contributed by atoms with Crippen molar-refractivity contribution in [1.29, 1.82) is 0 Å². The van der Waals surface area contributed by atoms with Crippen molar-refractivity contribution in [1.82, 2.24) is 4.98 Å². The Labute approximate surface area is 202 Å². The standard InChI is InChI=1S/C29H26F2N2O2/c1-2-29(30,31)16-15-22(34)17-19-13-14-24-23(18-19)26(28(32)35)25(20-9-5-3-6-10-20)27(33-24)21-11-7-4-8-12-21/h3-14,18H,2,15-17H2,1H3,(H2,32,35). The number of fused-ring (bicyclic) bond motifs is 1. The largest absolute Gasteiger partial charge is 0.366 e. The number of primary amides is 1. The summed E-state index contributed by atoms with van der Waals surface area (Å²) in [6, 6.07) is 24.2.